The van der Waals surface area contributed by atoms with E-state index in [0.29, 0.717) is 16.6 Å². The van der Waals surface area contributed by atoms with Crippen LogP contribution in [0.5, 0.6) is 0 Å². The van der Waals surface area contributed by atoms with Gasteiger partial charge in [0.15, 0.2) is 0 Å². The van der Waals surface area contributed by atoms with Gasteiger partial charge in [0, 0.05) is 28.6 Å². The van der Waals surface area contributed by atoms with Crippen LogP contribution in [-0.4, -0.2) is 21.1 Å². The Bertz CT molecular complexity index is 925. The summed E-state index contributed by atoms with van der Waals surface area (Å²) in [4.78, 5) is 16.1. The Morgan fingerprint density at radius 3 is 2.96 bits per heavy atom. The fourth-order valence-electron chi connectivity index (χ4n) is 3.45. The number of hydrogen-bond donors (Lipinski definition) is 2. The molecule has 0 radical (unpaired) electrons. The highest BCUT2D eigenvalue weighted by atomic mass is 32.1. The number of aryl methyl sites for hydroxylation is 2. The van der Waals surface area contributed by atoms with Crippen molar-refractivity contribution < 1.29 is 4.79 Å². The van der Waals surface area contributed by atoms with Crippen molar-refractivity contribution in [1.82, 2.24) is 15.2 Å². The normalized spacial score (nSPS) is 14.0. The van der Waals surface area contributed by atoms with Crippen molar-refractivity contribution in [3.8, 4) is 0 Å². The zero-order valence-electron chi connectivity index (χ0n) is 14.6. The van der Waals surface area contributed by atoms with Crippen LogP contribution in [0.4, 0.5) is 5.13 Å². The summed E-state index contributed by atoms with van der Waals surface area (Å²) in [6, 6.07) is 5.88. The largest absolute Gasteiger partial charge is 0.358 e. The summed E-state index contributed by atoms with van der Waals surface area (Å²) in [5, 5.41) is 13.8. The van der Waals surface area contributed by atoms with Crippen LogP contribution in [-0.2, 0) is 19.3 Å². The van der Waals surface area contributed by atoms with Gasteiger partial charge in [-0.25, -0.2) is 0 Å². The number of fused-ring (bicyclic) bond motifs is 3. The summed E-state index contributed by atoms with van der Waals surface area (Å²) in [7, 11) is 0. The highest BCUT2D eigenvalue weighted by molar-refractivity contribution is 7.15. The zero-order chi connectivity index (χ0) is 17.4. The monoisotopic (exact) mass is 354 g/mol. The van der Waals surface area contributed by atoms with Gasteiger partial charge in [0.05, 0.1) is 0 Å². The molecule has 1 amide bonds. The minimum atomic E-state index is -0.125. The Labute approximate surface area is 150 Å². The van der Waals surface area contributed by atoms with Crippen LogP contribution in [0.2, 0.25) is 0 Å². The molecule has 0 saturated carbocycles. The molecule has 2 N–H and O–H groups in total. The van der Waals surface area contributed by atoms with Crippen molar-refractivity contribution in [3.05, 3.63) is 40.0 Å². The first kappa shape index (κ1) is 16.3. The standard InChI is InChI=1S/C19H22N4OS/c1-11(2)9-17-22-23-19(25-17)21-18(24)12-7-8-16-14(10-12)13-5-3-4-6-15(13)20-16/h7-8,10-11,20H,3-6,9H2,1-2H3,(H,21,23,24). The number of aromatic nitrogens is 3. The van der Waals surface area contributed by atoms with Crippen LogP contribution in [0.15, 0.2) is 18.2 Å². The Hall–Kier alpha value is -2.21. The fraction of sp³-hybridized carbons (Fsp3) is 0.421. The minimum absolute atomic E-state index is 0.125. The van der Waals surface area contributed by atoms with E-state index in [1.165, 1.54) is 40.8 Å². The molecule has 0 spiro atoms. The molecule has 5 nitrogen and oxygen atoms in total. The molecule has 25 heavy (non-hydrogen) atoms. The number of hydrogen-bond acceptors (Lipinski definition) is 4. The molecule has 1 aliphatic rings. The molecule has 130 valence electrons. The molecule has 2 aromatic heterocycles. The first-order chi connectivity index (χ1) is 12.1. The SMILES string of the molecule is CC(C)Cc1nnc(NC(=O)c2ccc3[nH]c4c(c3c2)CCCC4)s1. The molecule has 0 atom stereocenters. The third kappa shape index (κ3) is 3.31. The van der Waals surface area contributed by atoms with Gasteiger partial charge in [-0.1, -0.05) is 25.2 Å². The average molecular weight is 354 g/mol. The molecule has 3 aromatic rings. The number of benzene rings is 1. The van der Waals surface area contributed by atoms with Crippen molar-refractivity contribution in [3.63, 3.8) is 0 Å². The maximum atomic E-state index is 12.6. The van der Waals surface area contributed by atoms with Crippen LogP contribution in [0.25, 0.3) is 10.9 Å². The molecule has 6 heteroatoms. The molecule has 1 aliphatic carbocycles. The first-order valence-electron chi connectivity index (χ1n) is 8.87. The lowest BCUT2D eigenvalue weighted by Gasteiger charge is -2.10. The number of nitrogens with one attached hydrogen (secondary N) is 2. The lowest BCUT2D eigenvalue weighted by atomic mass is 9.95. The molecule has 0 fully saturated rings. The van der Waals surface area contributed by atoms with E-state index in [1.54, 1.807) is 0 Å². The van der Waals surface area contributed by atoms with Gasteiger partial charge in [-0.15, -0.1) is 10.2 Å². The number of aromatic amines is 1. The smallest absolute Gasteiger partial charge is 0.257 e. The average Bonchev–Trinajstić information content (AvgIpc) is 3.17. The molecule has 0 unspecified atom stereocenters. The topological polar surface area (TPSA) is 70.7 Å². The highest BCUT2D eigenvalue weighted by Gasteiger charge is 2.17. The van der Waals surface area contributed by atoms with Crippen LogP contribution < -0.4 is 5.32 Å². The molecule has 1 aromatic carbocycles. The molecule has 0 aliphatic heterocycles. The first-order valence-corrected chi connectivity index (χ1v) is 9.69. The van der Waals surface area contributed by atoms with Gasteiger partial charge in [0.2, 0.25) is 5.13 Å². The Kier molecular flexibility index (Phi) is 4.29. The Balaban J connectivity index is 1.56. The number of rotatable bonds is 4. The summed E-state index contributed by atoms with van der Waals surface area (Å²) >= 11 is 1.45. The van der Waals surface area contributed by atoms with Gasteiger partial charge >= 0.3 is 0 Å². The second-order valence-electron chi connectivity index (χ2n) is 7.10. The van der Waals surface area contributed by atoms with E-state index in [2.05, 4.69) is 34.3 Å². The number of H-pyrrole nitrogens is 1. The van der Waals surface area contributed by atoms with Gasteiger partial charge < -0.3 is 4.98 Å². The van der Waals surface area contributed by atoms with Crippen molar-refractivity contribution in [2.45, 2.75) is 46.0 Å². The molecule has 0 saturated heterocycles. The van der Waals surface area contributed by atoms with Gasteiger partial charge in [0.1, 0.15) is 5.01 Å². The molecular weight excluding hydrogens is 332 g/mol. The summed E-state index contributed by atoms with van der Waals surface area (Å²) in [5.74, 6) is 0.401. The minimum Gasteiger partial charge on any atom is -0.358 e. The van der Waals surface area contributed by atoms with Crippen LogP contribution in [0, 0.1) is 5.92 Å². The number of nitrogens with zero attached hydrogens (tertiary/aromatic N) is 2. The van der Waals surface area contributed by atoms with Gasteiger partial charge in [-0.2, -0.15) is 0 Å². The second-order valence-corrected chi connectivity index (χ2v) is 8.16. The predicted octanol–water partition coefficient (Wildman–Crippen LogP) is 4.35. The van der Waals surface area contributed by atoms with E-state index in [1.807, 2.05) is 18.2 Å². The highest BCUT2D eigenvalue weighted by Crippen LogP contribution is 2.30. The Morgan fingerprint density at radius 1 is 1.28 bits per heavy atom. The summed E-state index contributed by atoms with van der Waals surface area (Å²) < 4.78 is 0. The number of anilines is 1. The van der Waals surface area contributed by atoms with Crippen LogP contribution >= 0.6 is 11.3 Å². The van der Waals surface area contributed by atoms with E-state index in [-0.39, 0.29) is 5.91 Å². The maximum absolute atomic E-state index is 12.6. The van der Waals surface area contributed by atoms with Crippen molar-refractivity contribution >= 4 is 33.3 Å². The van der Waals surface area contributed by atoms with E-state index in [0.717, 1.165) is 29.8 Å². The van der Waals surface area contributed by atoms with Gasteiger partial charge in [-0.05, 0) is 55.4 Å². The second kappa shape index (κ2) is 6.59. The lowest BCUT2D eigenvalue weighted by molar-refractivity contribution is 0.102. The van der Waals surface area contributed by atoms with E-state index in [9.17, 15) is 4.79 Å². The van der Waals surface area contributed by atoms with Crippen molar-refractivity contribution in [2.24, 2.45) is 5.92 Å². The van der Waals surface area contributed by atoms with Crippen molar-refractivity contribution in [1.29, 1.82) is 0 Å². The Morgan fingerprint density at radius 2 is 2.12 bits per heavy atom. The summed E-state index contributed by atoms with van der Waals surface area (Å²) in [6.07, 6.45) is 5.54. The molecule has 2 heterocycles. The number of carbonyl (C=O) groups excluding carboxylic acids is 1. The van der Waals surface area contributed by atoms with Gasteiger partial charge in [-0.3, -0.25) is 10.1 Å². The molecule has 0 bridgehead atoms. The van der Waals surface area contributed by atoms with Gasteiger partial charge in [0.25, 0.3) is 5.91 Å². The maximum Gasteiger partial charge on any atom is 0.257 e. The van der Waals surface area contributed by atoms with Crippen LogP contribution in [0.1, 0.15) is 53.3 Å². The van der Waals surface area contributed by atoms with Crippen LogP contribution in [0.3, 0.4) is 0 Å². The predicted molar refractivity (Wildman–Crippen MR) is 101 cm³/mol. The van der Waals surface area contributed by atoms with Crippen molar-refractivity contribution in [2.75, 3.05) is 5.32 Å². The molecule has 4 rings (SSSR count). The van der Waals surface area contributed by atoms with E-state index >= 15 is 0 Å². The lowest BCUT2D eigenvalue weighted by Crippen LogP contribution is -2.11. The number of amides is 1. The fourth-order valence-corrected chi connectivity index (χ4v) is 4.40. The number of carbonyl (C=O) groups is 1. The van der Waals surface area contributed by atoms with E-state index in [4.69, 9.17) is 0 Å². The third-order valence-corrected chi connectivity index (χ3v) is 5.49. The third-order valence-electron chi connectivity index (χ3n) is 4.63. The zero-order valence-corrected chi connectivity index (χ0v) is 15.4. The van der Waals surface area contributed by atoms with E-state index < -0.39 is 0 Å². The quantitative estimate of drug-likeness (QED) is 0.732. The summed E-state index contributed by atoms with van der Waals surface area (Å²) in [6.45, 7) is 4.29. The molecular formula is C19H22N4OS. The summed E-state index contributed by atoms with van der Waals surface area (Å²) in [5.41, 5.74) is 4.51.